The molecule has 0 radical (unpaired) electrons. The molecule has 2 fully saturated rings. The zero-order valence-electron chi connectivity index (χ0n) is 10.2. The van der Waals surface area contributed by atoms with Crippen LogP contribution >= 0.6 is 8.58 Å². The molecule has 0 amide bonds. The van der Waals surface area contributed by atoms with E-state index in [1.165, 1.54) is 40.2 Å². The van der Waals surface area contributed by atoms with Crippen LogP contribution in [0, 0.1) is 17.8 Å². The summed E-state index contributed by atoms with van der Waals surface area (Å²) in [5, 5.41) is 0. The average molecular weight is 224 g/mol. The summed E-state index contributed by atoms with van der Waals surface area (Å²) in [4.78, 5) is 0. The zero-order chi connectivity index (χ0) is 11.1. The Balaban J connectivity index is 0.000000531. The van der Waals surface area contributed by atoms with Crippen LogP contribution < -0.4 is 0 Å². The summed E-state index contributed by atoms with van der Waals surface area (Å²) in [7, 11) is 1.26. The van der Waals surface area contributed by atoms with Gasteiger partial charge in [0, 0.05) is 0 Å². The van der Waals surface area contributed by atoms with E-state index in [-0.39, 0.29) is 0 Å². The summed E-state index contributed by atoms with van der Waals surface area (Å²) in [6.07, 6.45) is 13.9. The molecule has 0 N–H and O–H groups in total. The van der Waals surface area contributed by atoms with Gasteiger partial charge in [0.2, 0.25) is 0 Å². The molecule has 0 aromatic carbocycles. The van der Waals surface area contributed by atoms with Crippen LogP contribution in [-0.4, -0.2) is 12.3 Å². The van der Waals surface area contributed by atoms with Crippen molar-refractivity contribution in [3.63, 3.8) is 0 Å². The molecule has 2 rings (SSSR count). The Kier molecular flexibility index (Phi) is 6.25. The van der Waals surface area contributed by atoms with Gasteiger partial charge in [-0.05, 0) is 49.3 Å². The zero-order valence-corrected chi connectivity index (χ0v) is 11.2. The maximum Gasteiger partial charge on any atom is -0.0225 e. The standard InChI is InChI=1S/C12H19P.C2H6/c1-2-3-4-10-7-11-5-6-13-9-12(11)8-10;1-2/h2-4,10-13H,1,5-9H2;1-2H3/b4-3-;/t10-,11?,12?;/m1./s1. The van der Waals surface area contributed by atoms with E-state index in [4.69, 9.17) is 0 Å². The number of allylic oxidation sites excluding steroid dienone is 3. The van der Waals surface area contributed by atoms with Gasteiger partial charge in [0.25, 0.3) is 0 Å². The van der Waals surface area contributed by atoms with Gasteiger partial charge in [-0.2, -0.15) is 0 Å². The molecule has 0 aromatic heterocycles. The van der Waals surface area contributed by atoms with Crippen molar-refractivity contribution in [3.05, 3.63) is 24.8 Å². The highest BCUT2D eigenvalue weighted by Gasteiger charge is 2.34. The fourth-order valence-corrected chi connectivity index (χ4v) is 4.48. The van der Waals surface area contributed by atoms with Crippen LogP contribution in [0.5, 0.6) is 0 Å². The molecule has 2 aliphatic rings. The van der Waals surface area contributed by atoms with Gasteiger partial charge >= 0.3 is 0 Å². The Bertz CT molecular complexity index is 193. The minimum atomic E-state index is 0.871. The van der Waals surface area contributed by atoms with Crippen LogP contribution in [0.1, 0.15) is 33.1 Å². The van der Waals surface area contributed by atoms with Crippen molar-refractivity contribution in [1.82, 2.24) is 0 Å². The van der Waals surface area contributed by atoms with Crippen molar-refractivity contribution < 1.29 is 0 Å². The Labute approximate surface area is 97.0 Å². The van der Waals surface area contributed by atoms with Gasteiger partial charge in [-0.25, -0.2) is 0 Å². The lowest BCUT2D eigenvalue weighted by atomic mass is 9.95. The minimum Gasteiger partial charge on any atom is -0.122 e. The highest BCUT2D eigenvalue weighted by Crippen LogP contribution is 2.45. The Morgan fingerprint density at radius 2 is 1.93 bits per heavy atom. The van der Waals surface area contributed by atoms with E-state index >= 15 is 0 Å². The molecule has 1 saturated heterocycles. The Hall–Kier alpha value is -0.0900. The average Bonchev–Trinajstić information content (AvgIpc) is 2.71. The maximum absolute atomic E-state index is 3.73. The molecule has 1 heterocycles. The van der Waals surface area contributed by atoms with Crippen LogP contribution in [0.3, 0.4) is 0 Å². The summed E-state index contributed by atoms with van der Waals surface area (Å²) < 4.78 is 0. The van der Waals surface area contributed by atoms with E-state index in [2.05, 4.69) is 18.7 Å². The maximum atomic E-state index is 3.73. The molecule has 0 bridgehead atoms. The van der Waals surface area contributed by atoms with Crippen LogP contribution in [0.15, 0.2) is 24.8 Å². The lowest BCUT2D eigenvalue weighted by Gasteiger charge is -2.24. The van der Waals surface area contributed by atoms with E-state index in [1.54, 1.807) is 0 Å². The fourth-order valence-electron chi connectivity index (χ4n) is 2.83. The number of hydrogen-bond donors (Lipinski definition) is 0. The summed E-state index contributed by atoms with van der Waals surface area (Å²) in [5.41, 5.74) is 0. The first-order chi connectivity index (χ1) is 7.40. The normalized spacial score (nSPS) is 36.0. The third-order valence-corrected chi connectivity index (χ3v) is 4.95. The van der Waals surface area contributed by atoms with E-state index in [0.717, 1.165) is 17.8 Å². The molecule has 1 saturated carbocycles. The van der Waals surface area contributed by atoms with Gasteiger partial charge in [-0.3, -0.25) is 0 Å². The van der Waals surface area contributed by atoms with Crippen LogP contribution in [0.2, 0.25) is 0 Å². The van der Waals surface area contributed by atoms with Crippen molar-refractivity contribution in [2.75, 3.05) is 12.3 Å². The van der Waals surface area contributed by atoms with Gasteiger partial charge in [-0.15, -0.1) is 8.58 Å². The number of fused-ring (bicyclic) bond motifs is 1. The molecule has 0 aromatic rings. The third-order valence-electron chi connectivity index (χ3n) is 3.50. The molecule has 1 heteroatoms. The van der Waals surface area contributed by atoms with Crippen LogP contribution in [-0.2, 0) is 0 Å². The lowest BCUT2D eigenvalue weighted by Crippen LogP contribution is -2.15. The summed E-state index contributed by atoms with van der Waals surface area (Å²) in [5.74, 6) is 3.02. The van der Waals surface area contributed by atoms with Crippen molar-refractivity contribution >= 4 is 8.58 Å². The van der Waals surface area contributed by atoms with E-state index in [9.17, 15) is 0 Å². The SMILES string of the molecule is C=C/C=C\[C@@H]1CC2CCPCC2C1.CC. The summed E-state index contributed by atoms with van der Waals surface area (Å²) >= 11 is 0. The molecular weight excluding hydrogens is 199 g/mol. The van der Waals surface area contributed by atoms with Crippen molar-refractivity contribution in [3.8, 4) is 0 Å². The summed E-state index contributed by atoms with van der Waals surface area (Å²) in [6, 6.07) is 0. The summed E-state index contributed by atoms with van der Waals surface area (Å²) in [6.45, 7) is 7.73. The molecule has 86 valence electrons. The van der Waals surface area contributed by atoms with Gasteiger partial charge in [0.1, 0.15) is 0 Å². The number of hydrogen-bond acceptors (Lipinski definition) is 0. The Morgan fingerprint density at radius 3 is 2.60 bits per heavy atom. The molecule has 0 nitrogen and oxygen atoms in total. The van der Waals surface area contributed by atoms with Crippen molar-refractivity contribution in [2.45, 2.75) is 33.1 Å². The lowest BCUT2D eigenvalue weighted by molar-refractivity contribution is 0.402. The highest BCUT2D eigenvalue weighted by atomic mass is 31.1. The van der Waals surface area contributed by atoms with Gasteiger partial charge in [0.15, 0.2) is 0 Å². The first-order valence-corrected chi connectivity index (χ1v) is 7.81. The van der Waals surface area contributed by atoms with Crippen molar-refractivity contribution in [2.24, 2.45) is 17.8 Å². The Morgan fingerprint density at radius 1 is 1.20 bits per heavy atom. The van der Waals surface area contributed by atoms with E-state index in [0.29, 0.717) is 0 Å². The van der Waals surface area contributed by atoms with E-state index in [1.807, 2.05) is 19.9 Å². The third kappa shape index (κ3) is 3.76. The smallest absolute Gasteiger partial charge is 0.0225 e. The molecule has 0 spiro atoms. The largest absolute Gasteiger partial charge is 0.122 e. The first-order valence-electron chi connectivity index (χ1n) is 6.40. The fraction of sp³-hybridized carbons (Fsp3) is 0.714. The quantitative estimate of drug-likeness (QED) is 0.479. The van der Waals surface area contributed by atoms with Gasteiger partial charge in [0.05, 0.1) is 0 Å². The molecule has 4 atom stereocenters. The second kappa shape index (κ2) is 7.23. The molecular formula is C14H25P. The predicted octanol–water partition coefficient (Wildman–Crippen LogP) is 4.48. The highest BCUT2D eigenvalue weighted by molar-refractivity contribution is 7.38. The second-order valence-corrected chi connectivity index (χ2v) is 5.77. The van der Waals surface area contributed by atoms with Gasteiger partial charge in [-0.1, -0.05) is 38.7 Å². The van der Waals surface area contributed by atoms with Gasteiger partial charge < -0.3 is 0 Å². The van der Waals surface area contributed by atoms with Crippen LogP contribution in [0.25, 0.3) is 0 Å². The topological polar surface area (TPSA) is 0 Å². The van der Waals surface area contributed by atoms with Crippen molar-refractivity contribution in [1.29, 1.82) is 0 Å². The van der Waals surface area contributed by atoms with E-state index < -0.39 is 0 Å². The molecule has 1 aliphatic heterocycles. The number of rotatable bonds is 2. The predicted molar refractivity (Wildman–Crippen MR) is 73.1 cm³/mol. The first kappa shape index (κ1) is 13.0. The molecule has 15 heavy (non-hydrogen) atoms. The monoisotopic (exact) mass is 224 g/mol. The molecule has 1 aliphatic carbocycles. The molecule has 3 unspecified atom stereocenters. The minimum absolute atomic E-state index is 0.871. The van der Waals surface area contributed by atoms with Crippen LogP contribution in [0.4, 0.5) is 0 Å². The second-order valence-electron chi connectivity index (χ2n) is 4.37.